The van der Waals surface area contributed by atoms with Crippen LogP contribution in [-0.4, -0.2) is 4.98 Å². The van der Waals surface area contributed by atoms with E-state index in [0.717, 1.165) is 5.69 Å². The third-order valence-corrected chi connectivity index (χ3v) is 1.07. The van der Waals surface area contributed by atoms with Gasteiger partial charge in [0, 0.05) is 12.3 Å². The topological polar surface area (TPSA) is 89.0 Å². The summed E-state index contributed by atoms with van der Waals surface area (Å²) in [4.78, 5) is 3.87. The van der Waals surface area contributed by atoms with Crippen LogP contribution < -0.4 is 22.5 Å². The van der Waals surface area contributed by atoms with Crippen LogP contribution >= 0.6 is 0 Å². The Morgan fingerprint density at radius 2 is 2.10 bits per heavy atom. The van der Waals surface area contributed by atoms with Gasteiger partial charge >= 0.3 is 0 Å². The number of nitrogens with two attached hydrogens (primary N) is 2. The minimum absolute atomic E-state index is 0.579. The molecule has 1 rings (SSSR count). The smallest absolute Gasteiger partial charge is 0.141 e. The second-order valence-electron chi connectivity index (χ2n) is 1.72. The summed E-state index contributed by atoms with van der Waals surface area (Å²) in [5.41, 5.74) is 5.63. The minimum Gasteiger partial charge on any atom is -0.324 e. The summed E-state index contributed by atoms with van der Waals surface area (Å²) < 4.78 is 0. The highest BCUT2D eigenvalue weighted by atomic mass is 15.3. The summed E-state index contributed by atoms with van der Waals surface area (Å²) in [5.74, 6) is 10.8. The van der Waals surface area contributed by atoms with Gasteiger partial charge in [0.25, 0.3) is 0 Å². The number of hydrogen-bond acceptors (Lipinski definition) is 5. The fourth-order valence-electron chi connectivity index (χ4n) is 0.599. The van der Waals surface area contributed by atoms with E-state index in [2.05, 4.69) is 15.8 Å². The number of nitrogen functional groups attached to an aromatic ring is 2. The predicted molar refractivity (Wildman–Crippen MR) is 39.9 cm³/mol. The van der Waals surface area contributed by atoms with Crippen molar-refractivity contribution in [2.24, 2.45) is 11.7 Å². The number of nitrogens with one attached hydrogen (secondary N) is 2. The molecule has 0 aliphatic rings. The van der Waals surface area contributed by atoms with Crippen LogP contribution in [0.5, 0.6) is 0 Å². The van der Waals surface area contributed by atoms with Gasteiger partial charge in [-0.3, -0.25) is 5.84 Å². The molecular weight excluding hydrogens is 130 g/mol. The highest BCUT2D eigenvalue weighted by Crippen LogP contribution is 2.08. The molecule has 1 heterocycles. The summed E-state index contributed by atoms with van der Waals surface area (Å²) in [6, 6.07) is 3.43. The van der Waals surface area contributed by atoms with Crippen LogP contribution in [0.25, 0.3) is 0 Å². The first-order chi connectivity index (χ1) is 4.86. The number of hydrazine groups is 2. The summed E-state index contributed by atoms with van der Waals surface area (Å²) in [6.07, 6.45) is 1.60. The average Bonchev–Trinajstić information content (AvgIpc) is 2.05. The molecule has 0 aromatic carbocycles. The number of aromatic nitrogens is 1. The van der Waals surface area contributed by atoms with Gasteiger partial charge in [0.15, 0.2) is 0 Å². The van der Waals surface area contributed by atoms with Crippen LogP contribution in [-0.2, 0) is 0 Å². The van der Waals surface area contributed by atoms with E-state index < -0.39 is 0 Å². The van der Waals surface area contributed by atoms with Crippen molar-refractivity contribution in [1.29, 1.82) is 0 Å². The van der Waals surface area contributed by atoms with Crippen molar-refractivity contribution >= 4 is 11.5 Å². The highest BCUT2D eigenvalue weighted by molar-refractivity contribution is 5.50. The molecule has 6 N–H and O–H groups in total. The zero-order chi connectivity index (χ0) is 7.40. The molecule has 0 atom stereocenters. The molecule has 0 spiro atoms. The molecule has 0 unspecified atom stereocenters. The molecule has 0 saturated carbocycles. The molecule has 1 aromatic heterocycles. The molecule has 10 heavy (non-hydrogen) atoms. The molecule has 5 heteroatoms. The molecule has 0 bridgehead atoms. The Morgan fingerprint density at radius 3 is 2.70 bits per heavy atom. The highest BCUT2D eigenvalue weighted by Gasteiger charge is 1.90. The average molecular weight is 139 g/mol. The van der Waals surface area contributed by atoms with Gasteiger partial charge in [-0.15, -0.1) is 0 Å². The molecule has 1 aromatic rings. The Labute approximate surface area is 58.4 Å². The molecule has 0 aliphatic carbocycles. The van der Waals surface area contributed by atoms with E-state index in [-0.39, 0.29) is 0 Å². The number of hydrogen-bond donors (Lipinski definition) is 4. The van der Waals surface area contributed by atoms with Crippen LogP contribution in [0.4, 0.5) is 11.5 Å². The fourth-order valence-corrected chi connectivity index (χ4v) is 0.599. The van der Waals surface area contributed by atoms with Gasteiger partial charge in [-0.1, -0.05) is 0 Å². The van der Waals surface area contributed by atoms with Gasteiger partial charge < -0.3 is 10.9 Å². The lowest BCUT2D eigenvalue weighted by atomic mass is 10.4. The maximum Gasteiger partial charge on any atom is 0.141 e. The lowest BCUT2D eigenvalue weighted by Crippen LogP contribution is -2.10. The lowest BCUT2D eigenvalue weighted by Gasteiger charge is -2.00. The standard InChI is InChI=1S/C5H9N5/c6-9-4-1-2-8-5(3-4)10-7/h1-3H,6-7H2,(H2,8,9,10). The number of pyridine rings is 1. The molecule has 0 saturated heterocycles. The first-order valence-corrected chi connectivity index (χ1v) is 2.76. The predicted octanol–water partition coefficient (Wildman–Crippen LogP) is -0.347. The summed E-state index contributed by atoms with van der Waals surface area (Å²) in [5, 5.41) is 0. The van der Waals surface area contributed by atoms with E-state index in [4.69, 9.17) is 11.7 Å². The van der Waals surface area contributed by atoms with Crippen molar-refractivity contribution in [1.82, 2.24) is 4.98 Å². The van der Waals surface area contributed by atoms with Gasteiger partial charge in [0.05, 0.1) is 5.69 Å². The van der Waals surface area contributed by atoms with Gasteiger partial charge in [0.1, 0.15) is 5.82 Å². The van der Waals surface area contributed by atoms with Crippen molar-refractivity contribution in [2.75, 3.05) is 10.9 Å². The van der Waals surface area contributed by atoms with Crippen molar-refractivity contribution in [2.45, 2.75) is 0 Å². The number of rotatable bonds is 2. The first kappa shape index (κ1) is 6.79. The monoisotopic (exact) mass is 139 g/mol. The van der Waals surface area contributed by atoms with Gasteiger partial charge in [-0.05, 0) is 6.07 Å². The molecule has 0 aliphatic heterocycles. The first-order valence-electron chi connectivity index (χ1n) is 2.76. The van der Waals surface area contributed by atoms with Crippen molar-refractivity contribution in [3.8, 4) is 0 Å². The van der Waals surface area contributed by atoms with Crippen molar-refractivity contribution in [3.05, 3.63) is 18.3 Å². The van der Waals surface area contributed by atoms with Crippen molar-refractivity contribution < 1.29 is 0 Å². The van der Waals surface area contributed by atoms with Crippen molar-refractivity contribution in [3.63, 3.8) is 0 Å². The largest absolute Gasteiger partial charge is 0.324 e. The Balaban J connectivity index is 2.87. The van der Waals surface area contributed by atoms with Crippen LogP contribution in [0.1, 0.15) is 0 Å². The molecule has 0 fully saturated rings. The fraction of sp³-hybridized carbons (Fsp3) is 0. The Morgan fingerprint density at radius 1 is 1.30 bits per heavy atom. The lowest BCUT2D eigenvalue weighted by molar-refractivity contribution is 1.22. The molecule has 0 radical (unpaired) electrons. The second-order valence-corrected chi connectivity index (χ2v) is 1.72. The summed E-state index contributed by atoms with van der Waals surface area (Å²) in [7, 11) is 0. The Bertz CT molecular complexity index is 192. The zero-order valence-electron chi connectivity index (χ0n) is 5.33. The van der Waals surface area contributed by atoms with E-state index in [0.29, 0.717) is 5.82 Å². The third-order valence-electron chi connectivity index (χ3n) is 1.07. The van der Waals surface area contributed by atoms with Gasteiger partial charge in [0.2, 0.25) is 0 Å². The normalized spacial score (nSPS) is 9.00. The van der Waals surface area contributed by atoms with Crippen LogP contribution in [0.3, 0.4) is 0 Å². The van der Waals surface area contributed by atoms with E-state index in [1.54, 1.807) is 18.3 Å². The maximum absolute atomic E-state index is 5.13. The van der Waals surface area contributed by atoms with E-state index in [9.17, 15) is 0 Å². The molecular formula is C5H9N5. The van der Waals surface area contributed by atoms with E-state index in [1.807, 2.05) is 0 Å². The SMILES string of the molecule is NNc1ccnc(NN)c1. The maximum atomic E-state index is 5.13. The van der Waals surface area contributed by atoms with Gasteiger partial charge in [-0.25, -0.2) is 10.8 Å². The van der Waals surface area contributed by atoms with Crippen LogP contribution in [0, 0.1) is 0 Å². The summed E-state index contributed by atoms with van der Waals surface area (Å²) in [6.45, 7) is 0. The van der Waals surface area contributed by atoms with E-state index >= 15 is 0 Å². The molecule has 5 nitrogen and oxygen atoms in total. The van der Waals surface area contributed by atoms with Crippen LogP contribution in [0.2, 0.25) is 0 Å². The Hall–Kier alpha value is -1.33. The molecule has 54 valence electrons. The number of nitrogens with zero attached hydrogens (tertiary/aromatic N) is 1. The second kappa shape index (κ2) is 3.00. The number of anilines is 2. The third kappa shape index (κ3) is 1.34. The quantitative estimate of drug-likeness (QED) is 0.332. The Kier molecular flexibility index (Phi) is 2.03. The zero-order valence-corrected chi connectivity index (χ0v) is 5.33. The van der Waals surface area contributed by atoms with Crippen LogP contribution in [0.15, 0.2) is 18.3 Å². The van der Waals surface area contributed by atoms with Gasteiger partial charge in [-0.2, -0.15) is 0 Å². The summed E-state index contributed by atoms with van der Waals surface area (Å²) >= 11 is 0. The molecule has 0 amide bonds. The van der Waals surface area contributed by atoms with E-state index in [1.165, 1.54) is 0 Å². The minimum atomic E-state index is 0.579.